The minimum Gasteiger partial charge on any atom is -0.480 e. The van der Waals surface area contributed by atoms with Crippen molar-refractivity contribution in [2.45, 2.75) is 6.04 Å². The number of hydrogen-bond acceptors (Lipinski definition) is 2. The van der Waals surface area contributed by atoms with Crippen molar-refractivity contribution < 1.29 is 9.90 Å². The molecule has 0 unspecified atom stereocenters. The molecule has 0 heterocycles. The fourth-order valence-electron chi connectivity index (χ4n) is 1.12. The van der Waals surface area contributed by atoms with Gasteiger partial charge in [0.25, 0.3) is 0 Å². The summed E-state index contributed by atoms with van der Waals surface area (Å²) in [7, 11) is 1.57. The number of likely N-dealkylation sites (N-methyl/N-ethyl adjacent to an activating group) is 1. The van der Waals surface area contributed by atoms with Gasteiger partial charge in [0, 0.05) is 0 Å². The van der Waals surface area contributed by atoms with Gasteiger partial charge in [0.1, 0.15) is 6.04 Å². The largest absolute Gasteiger partial charge is 0.480 e. The molecule has 1 aromatic carbocycles. The maximum absolute atomic E-state index is 10.8. The number of benzene rings is 1. The Morgan fingerprint density at radius 3 is 2.50 bits per heavy atom. The third kappa shape index (κ3) is 2.38. The van der Waals surface area contributed by atoms with E-state index < -0.39 is 12.0 Å². The number of rotatable bonds is 3. The molecule has 0 saturated carbocycles. The Hall–Kier alpha value is -0.770. The predicted molar refractivity (Wildman–Crippen MR) is 55.9 cm³/mol. The average molecular weight is 234 g/mol. The number of carboxylic acids is 1. The third-order valence-corrected chi connectivity index (χ3v) is 2.55. The molecule has 5 heteroatoms. The van der Waals surface area contributed by atoms with Gasteiger partial charge in [-0.25, -0.2) is 0 Å². The van der Waals surface area contributed by atoms with Crippen LogP contribution in [0, 0.1) is 0 Å². The smallest absolute Gasteiger partial charge is 0.325 e. The summed E-state index contributed by atoms with van der Waals surface area (Å²) < 4.78 is 0. The Bertz CT molecular complexity index is 355. The molecule has 0 radical (unpaired) electrons. The first kappa shape index (κ1) is 11.3. The van der Waals surface area contributed by atoms with E-state index in [4.69, 9.17) is 28.3 Å². The van der Waals surface area contributed by atoms with Gasteiger partial charge in [-0.3, -0.25) is 4.79 Å². The van der Waals surface area contributed by atoms with E-state index in [-0.39, 0.29) is 0 Å². The SMILES string of the molecule is CN[C@@H](C(=O)O)c1ccc(Cl)c(Cl)c1. The first-order chi connectivity index (χ1) is 6.56. The van der Waals surface area contributed by atoms with Crippen LogP contribution in [0.4, 0.5) is 0 Å². The molecule has 0 bridgehead atoms. The van der Waals surface area contributed by atoms with E-state index in [9.17, 15) is 4.79 Å². The maximum Gasteiger partial charge on any atom is 0.325 e. The lowest BCUT2D eigenvalue weighted by molar-refractivity contribution is -0.139. The van der Waals surface area contributed by atoms with Crippen LogP contribution in [-0.4, -0.2) is 18.1 Å². The van der Waals surface area contributed by atoms with Crippen LogP contribution in [0.25, 0.3) is 0 Å². The number of halogens is 2. The zero-order valence-corrected chi connectivity index (χ0v) is 8.93. The maximum atomic E-state index is 10.8. The number of carbonyl (C=O) groups is 1. The second kappa shape index (κ2) is 4.64. The van der Waals surface area contributed by atoms with Gasteiger partial charge in [-0.2, -0.15) is 0 Å². The van der Waals surface area contributed by atoms with E-state index in [0.717, 1.165) is 0 Å². The summed E-state index contributed by atoms with van der Waals surface area (Å²) in [6.45, 7) is 0. The molecule has 0 saturated heterocycles. The van der Waals surface area contributed by atoms with Gasteiger partial charge in [0.2, 0.25) is 0 Å². The fraction of sp³-hybridized carbons (Fsp3) is 0.222. The van der Waals surface area contributed by atoms with E-state index in [1.165, 1.54) is 0 Å². The summed E-state index contributed by atoms with van der Waals surface area (Å²) in [4.78, 5) is 10.8. The molecule has 0 spiro atoms. The zero-order valence-electron chi connectivity index (χ0n) is 7.42. The summed E-state index contributed by atoms with van der Waals surface area (Å²) in [5.41, 5.74) is 0.578. The Kier molecular flexibility index (Phi) is 3.75. The zero-order chi connectivity index (χ0) is 10.7. The summed E-state index contributed by atoms with van der Waals surface area (Å²) in [5, 5.41) is 12.3. The molecular formula is C9H9Cl2NO2. The minimum atomic E-state index is -0.953. The molecule has 3 nitrogen and oxygen atoms in total. The highest BCUT2D eigenvalue weighted by atomic mass is 35.5. The molecule has 2 N–H and O–H groups in total. The van der Waals surface area contributed by atoms with Crippen molar-refractivity contribution in [2.24, 2.45) is 0 Å². The van der Waals surface area contributed by atoms with E-state index in [0.29, 0.717) is 15.6 Å². The van der Waals surface area contributed by atoms with Crippen molar-refractivity contribution in [3.8, 4) is 0 Å². The Balaban J connectivity index is 3.06. The molecule has 0 fully saturated rings. The minimum absolute atomic E-state index is 0.352. The van der Waals surface area contributed by atoms with Gasteiger partial charge in [-0.1, -0.05) is 29.3 Å². The summed E-state index contributed by atoms with van der Waals surface area (Å²) >= 11 is 11.5. The monoisotopic (exact) mass is 233 g/mol. The highest BCUT2D eigenvalue weighted by Crippen LogP contribution is 2.25. The van der Waals surface area contributed by atoms with Crippen LogP contribution in [0.3, 0.4) is 0 Å². The van der Waals surface area contributed by atoms with Gasteiger partial charge in [0.05, 0.1) is 10.0 Å². The third-order valence-electron chi connectivity index (χ3n) is 1.81. The molecule has 0 aliphatic carbocycles. The first-order valence-electron chi connectivity index (χ1n) is 3.91. The van der Waals surface area contributed by atoms with E-state index in [2.05, 4.69) is 5.32 Å². The summed E-state index contributed by atoms with van der Waals surface area (Å²) in [5.74, 6) is -0.953. The van der Waals surface area contributed by atoms with Crippen molar-refractivity contribution in [2.75, 3.05) is 7.05 Å². The van der Waals surface area contributed by atoms with Crippen molar-refractivity contribution in [3.05, 3.63) is 33.8 Å². The lowest BCUT2D eigenvalue weighted by Crippen LogP contribution is -2.24. The van der Waals surface area contributed by atoms with Crippen LogP contribution < -0.4 is 5.32 Å². The molecule has 1 aromatic rings. The number of hydrogen-bond donors (Lipinski definition) is 2. The summed E-state index contributed by atoms with van der Waals surface area (Å²) in [6.07, 6.45) is 0. The highest BCUT2D eigenvalue weighted by Gasteiger charge is 2.17. The van der Waals surface area contributed by atoms with Crippen LogP contribution >= 0.6 is 23.2 Å². The standard InChI is InChI=1S/C9H9Cl2NO2/c1-12-8(9(13)14)5-2-3-6(10)7(11)4-5/h2-4,8,12H,1H3,(H,13,14)/t8-/m1/s1. The van der Waals surface area contributed by atoms with Crippen molar-refractivity contribution in [1.82, 2.24) is 5.32 Å². The topological polar surface area (TPSA) is 49.3 Å². The van der Waals surface area contributed by atoms with Gasteiger partial charge in [-0.15, -0.1) is 0 Å². The molecule has 0 aromatic heterocycles. The van der Waals surface area contributed by atoms with Gasteiger partial charge in [0.15, 0.2) is 0 Å². The Morgan fingerprint density at radius 2 is 2.07 bits per heavy atom. The first-order valence-corrected chi connectivity index (χ1v) is 4.67. The fourth-order valence-corrected chi connectivity index (χ4v) is 1.43. The normalized spacial score (nSPS) is 12.5. The molecular weight excluding hydrogens is 225 g/mol. The van der Waals surface area contributed by atoms with Crippen LogP contribution in [0.2, 0.25) is 10.0 Å². The van der Waals surface area contributed by atoms with Crippen molar-refractivity contribution in [1.29, 1.82) is 0 Å². The number of nitrogens with one attached hydrogen (secondary N) is 1. The second-order valence-corrected chi connectivity index (χ2v) is 3.55. The molecule has 0 aliphatic heterocycles. The molecule has 14 heavy (non-hydrogen) atoms. The van der Waals surface area contributed by atoms with Crippen LogP contribution in [0.1, 0.15) is 11.6 Å². The lowest BCUT2D eigenvalue weighted by atomic mass is 10.1. The Labute approximate surface area is 91.6 Å². The van der Waals surface area contributed by atoms with Crippen LogP contribution in [0.15, 0.2) is 18.2 Å². The van der Waals surface area contributed by atoms with E-state index in [1.807, 2.05) is 0 Å². The second-order valence-electron chi connectivity index (χ2n) is 2.73. The molecule has 1 atom stereocenters. The number of carboxylic acid groups (broad SMARTS) is 1. The van der Waals surface area contributed by atoms with Crippen LogP contribution in [-0.2, 0) is 4.79 Å². The molecule has 0 amide bonds. The average Bonchev–Trinajstić information content (AvgIpc) is 2.11. The predicted octanol–water partition coefficient (Wildman–Crippen LogP) is 2.34. The molecule has 1 rings (SSSR count). The van der Waals surface area contributed by atoms with E-state index >= 15 is 0 Å². The van der Waals surface area contributed by atoms with Gasteiger partial charge < -0.3 is 10.4 Å². The van der Waals surface area contributed by atoms with Crippen LogP contribution in [0.5, 0.6) is 0 Å². The number of aliphatic carboxylic acids is 1. The van der Waals surface area contributed by atoms with Gasteiger partial charge in [-0.05, 0) is 24.7 Å². The molecule has 0 aliphatic rings. The van der Waals surface area contributed by atoms with Crippen molar-refractivity contribution >= 4 is 29.2 Å². The Morgan fingerprint density at radius 1 is 1.43 bits per heavy atom. The molecule has 76 valence electrons. The quantitative estimate of drug-likeness (QED) is 0.843. The summed E-state index contributed by atoms with van der Waals surface area (Å²) in [6, 6.07) is 3.99. The van der Waals surface area contributed by atoms with E-state index in [1.54, 1.807) is 25.2 Å². The lowest BCUT2D eigenvalue weighted by Gasteiger charge is -2.11. The van der Waals surface area contributed by atoms with Gasteiger partial charge >= 0.3 is 5.97 Å². The van der Waals surface area contributed by atoms with Crippen molar-refractivity contribution in [3.63, 3.8) is 0 Å². The highest BCUT2D eigenvalue weighted by molar-refractivity contribution is 6.42.